The van der Waals surface area contributed by atoms with E-state index in [2.05, 4.69) is 26.0 Å². The first kappa shape index (κ1) is 14.5. The zero-order valence-corrected chi connectivity index (χ0v) is 12.0. The molecule has 1 rings (SSSR count). The molecule has 0 saturated carbocycles. The Hall–Kier alpha value is -1.56. The van der Waals surface area contributed by atoms with Crippen molar-refractivity contribution >= 4 is 33.5 Å². The highest BCUT2D eigenvalue weighted by molar-refractivity contribution is 9.10. The third-order valence-electron chi connectivity index (χ3n) is 2.31. The number of carbonyl (C=O) groups is 2. The molecule has 98 valence electrons. The molecule has 0 aliphatic carbocycles. The van der Waals surface area contributed by atoms with Crippen LogP contribution >= 0.6 is 15.9 Å². The van der Waals surface area contributed by atoms with Crippen LogP contribution in [0.4, 0.5) is 5.69 Å². The molecule has 0 heterocycles. The maximum atomic E-state index is 11.6. The minimum Gasteiger partial charge on any atom is -0.495 e. The van der Waals surface area contributed by atoms with Gasteiger partial charge in [0.05, 0.1) is 18.7 Å². The van der Waals surface area contributed by atoms with Crippen molar-refractivity contribution in [3.05, 3.63) is 22.2 Å². The van der Waals surface area contributed by atoms with E-state index in [9.17, 15) is 9.59 Å². The van der Waals surface area contributed by atoms with Gasteiger partial charge in [-0.3, -0.25) is 9.59 Å². The molecule has 0 atom stereocenters. The van der Waals surface area contributed by atoms with Crippen molar-refractivity contribution in [3.63, 3.8) is 0 Å². The number of aryl methyl sites for hydroxylation is 1. The standard InChI is InChI=1S/C12H14BrNO4/c1-7-4-8(13)10(17-2)5-9(7)14-11(15)6-12(16)18-3/h4-5H,6H2,1-3H3,(H,14,15). The van der Waals surface area contributed by atoms with Crippen LogP contribution in [0.25, 0.3) is 0 Å². The van der Waals surface area contributed by atoms with E-state index in [1.54, 1.807) is 6.07 Å². The summed E-state index contributed by atoms with van der Waals surface area (Å²) in [6.07, 6.45) is -0.311. The van der Waals surface area contributed by atoms with Gasteiger partial charge in [-0.15, -0.1) is 0 Å². The molecule has 0 bridgehead atoms. The summed E-state index contributed by atoms with van der Waals surface area (Å²) >= 11 is 3.35. The van der Waals surface area contributed by atoms with Crippen molar-refractivity contribution in [2.45, 2.75) is 13.3 Å². The molecule has 0 fully saturated rings. The second kappa shape index (κ2) is 6.39. The number of nitrogens with one attached hydrogen (secondary N) is 1. The number of anilines is 1. The molecular weight excluding hydrogens is 302 g/mol. The third kappa shape index (κ3) is 3.73. The first-order chi connectivity index (χ1) is 8.47. The number of benzene rings is 1. The predicted octanol–water partition coefficient (Wildman–Crippen LogP) is 2.27. The molecular formula is C12H14BrNO4. The Morgan fingerprint density at radius 2 is 2.00 bits per heavy atom. The van der Waals surface area contributed by atoms with Crippen LogP contribution in [0.15, 0.2) is 16.6 Å². The first-order valence-corrected chi connectivity index (χ1v) is 5.98. The smallest absolute Gasteiger partial charge is 0.315 e. The molecule has 1 amide bonds. The summed E-state index contributed by atoms with van der Waals surface area (Å²) in [5.74, 6) is -0.391. The van der Waals surface area contributed by atoms with Crippen LogP contribution in [0.1, 0.15) is 12.0 Å². The van der Waals surface area contributed by atoms with Gasteiger partial charge in [0, 0.05) is 11.8 Å². The van der Waals surface area contributed by atoms with Crippen molar-refractivity contribution in [1.29, 1.82) is 0 Å². The SMILES string of the molecule is COC(=O)CC(=O)Nc1cc(OC)c(Br)cc1C. The summed E-state index contributed by atoms with van der Waals surface area (Å²) in [7, 11) is 2.78. The van der Waals surface area contributed by atoms with Crippen LogP contribution in [-0.4, -0.2) is 26.1 Å². The van der Waals surface area contributed by atoms with Gasteiger partial charge in [-0.25, -0.2) is 0 Å². The molecule has 0 saturated heterocycles. The van der Waals surface area contributed by atoms with Crippen LogP contribution in [-0.2, 0) is 14.3 Å². The number of amides is 1. The van der Waals surface area contributed by atoms with Gasteiger partial charge in [-0.05, 0) is 34.5 Å². The summed E-state index contributed by atoms with van der Waals surface area (Å²) in [4.78, 5) is 22.5. The van der Waals surface area contributed by atoms with E-state index < -0.39 is 11.9 Å². The van der Waals surface area contributed by atoms with Gasteiger partial charge in [0.2, 0.25) is 5.91 Å². The van der Waals surface area contributed by atoms with E-state index in [-0.39, 0.29) is 6.42 Å². The molecule has 6 heteroatoms. The third-order valence-corrected chi connectivity index (χ3v) is 2.93. The number of ether oxygens (including phenoxy) is 2. The van der Waals surface area contributed by atoms with E-state index in [0.29, 0.717) is 11.4 Å². The predicted molar refractivity (Wildman–Crippen MR) is 70.7 cm³/mol. The van der Waals surface area contributed by atoms with E-state index in [1.165, 1.54) is 14.2 Å². The van der Waals surface area contributed by atoms with Gasteiger partial charge in [0.25, 0.3) is 0 Å². The van der Waals surface area contributed by atoms with Gasteiger partial charge in [-0.1, -0.05) is 0 Å². The quantitative estimate of drug-likeness (QED) is 0.684. The lowest BCUT2D eigenvalue weighted by molar-refractivity contribution is -0.142. The number of carbonyl (C=O) groups excluding carboxylic acids is 2. The van der Waals surface area contributed by atoms with Crippen LogP contribution in [0.3, 0.4) is 0 Å². The summed E-state index contributed by atoms with van der Waals surface area (Å²) in [6.45, 7) is 1.85. The highest BCUT2D eigenvalue weighted by atomic mass is 79.9. The fraction of sp³-hybridized carbons (Fsp3) is 0.333. The Balaban J connectivity index is 2.84. The molecule has 0 spiro atoms. The number of methoxy groups -OCH3 is 2. The minimum atomic E-state index is -0.575. The maximum absolute atomic E-state index is 11.6. The Morgan fingerprint density at radius 1 is 1.33 bits per heavy atom. The Morgan fingerprint density at radius 3 is 2.56 bits per heavy atom. The zero-order chi connectivity index (χ0) is 13.7. The molecule has 1 aromatic rings. The van der Waals surface area contributed by atoms with Gasteiger partial charge >= 0.3 is 5.97 Å². The number of halogens is 1. The molecule has 18 heavy (non-hydrogen) atoms. The lowest BCUT2D eigenvalue weighted by atomic mass is 10.2. The average Bonchev–Trinajstić information content (AvgIpc) is 2.32. The molecule has 0 aliphatic heterocycles. The molecule has 0 aromatic heterocycles. The highest BCUT2D eigenvalue weighted by Gasteiger charge is 2.12. The number of rotatable bonds is 4. The average molecular weight is 316 g/mol. The fourth-order valence-corrected chi connectivity index (χ4v) is 1.96. The van der Waals surface area contributed by atoms with Crippen molar-refractivity contribution in [3.8, 4) is 5.75 Å². The van der Waals surface area contributed by atoms with Crippen LogP contribution < -0.4 is 10.1 Å². The second-order valence-electron chi connectivity index (χ2n) is 3.60. The van der Waals surface area contributed by atoms with Gasteiger partial charge in [-0.2, -0.15) is 0 Å². The monoisotopic (exact) mass is 315 g/mol. The lowest BCUT2D eigenvalue weighted by Gasteiger charge is -2.11. The van der Waals surface area contributed by atoms with E-state index >= 15 is 0 Å². The number of hydrogen-bond donors (Lipinski definition) is 1. The summed E-state index contributed by atoms with van der Waals surface area (Å²) in [5.41, 5.74) is 1.46. The van der Waals surface area contributed by atoms with Crippen molar-refractivity contribution in [2.24, 2.45) is 0 Å². The van der Waals surface area contributed by atoms with E-state index in [1.807, 2.05) is 13.0 Å². The summed E-state index contributed by atoms with van der Waals surface area (Å²) in [6, 6.07) is 3.52. The molecule has 1 aromatic carbocycles. The normalized spacial score (nSPS) is 9.78. The van der Waals surface area contributed by atoms with Crippen LogP contribution in [0.2, 0.25) is 0 Å². The second-order valence-corrected chi connectivity index (χ2v) is 4.46. The van der Waals surface area contributed by atoms with Crippen LogP contribution in [0, 0.1) is 6.92 Å². The maximum Gasteiger partial charge on any atom is 0.315 e. The molecule has 0 radical (unpaired) electrons. The van der Waals surface area contributed by atoms with Crippen molar-refractivity contribution in [2.75, 3.05) is 19.5 Å². The molecule has 0 unspecified atom stereocenters. The first-order valence-electron chi connectivity index (χ1n) is 5.18. The van der Waals surface area contributed by atoms with Gasteiger partial charge in [0.15, 0.2) is 0 Å². The Bertz CT molecular complexity index is 473. The van der Waals surface area contributed by atoms with E-state index in [4.69, 9.17) is 4.74 Å². The molecule has 1 N–H and O–H groups in total. The Labute approximate surface area is 114 Å². The topological polar surface area (TPSA) is 64.6 Å². The lowest BCUT2D eigenvalue weighted by Crippen LogP contribution is -2.17. The molecule has 0 aliphatic rings. The Kier molecular flexibility index (Phi) is 5.15. The van der Waals surface area contributed by atoms with Gasteiger partial charge in [0.1, 0.15) is 12.2 Å². The van der Waals surface area contributed by atoms with Crippen LogP contribution in [0.5, 0.6) is 5.75 Å². The van der Waals surface area contributed by atoms with Crippen molar-refractivity contribution < 1.29 is 19.1 Å². The minimum absolute atomic E-state index is 0.311. The summed E-state index contributed by atoms with van der Waals surface area (Å²) in [5, 5.41) is 2.64. The number of esters is 1. The van der Waals surface area contributed by atoms with Crippen molar-refractivity contribution in [1.82, 2.24) is 0 Å². The van der Waals surface area contributed by atoms with Gasteiger partial charge < -0.3 is 14.8 Å². The largest absolute Gasteiger partial charge is 0.495 e. The zero-order valence-electron chi connectivity index (χ0n) is 10.4. The summed E-state index contributed by atoms with van der Waals surface area (Å²) < 4.78 is 10.4. The molecule has 5 nitrogen and oxygen atoms in total. The van der Waals surface area contributed by atoms with E-state index in [0.717, 1.165) is 10.0 Å². The number of hydrogen-bond acceptors (Lipinski definition) is 4. The highest BCUT2D eigenvalue weighted by Crippen LogP contribution is 2.31. The fourth-order valence-electron chi connectivity index (χ4n) is 1.34.